The van der Waals surface area contributed by atoms with Gasteiger partial charge in [0.1, 0.15) is 4.34 Å². The number of thiazole rings is 1. The summed E-state index contributed by atoms with van der Waals surface area (Å²) in [5, 5.41) is 0.729. The molecule has 1 nitrogen and oxygen atoms in total. The molecule has 1 heterocycles. The van der Waals surface area contributed by atoms with Crippen LogP contribution >= 0.6 is 35.6 Å². The van der Waals surface area contributed by atoms with Crippen LogP contribution in [0.4, 0.5) is 0 Å². The van der Waals surface area contributed by atoms with Crippen LogP contribution in [0.3, 0.4) is 0 Å². The largest absolute Gasteiger partial charge is 0.229 e. The fourth-order valence-electron chi connectivity index (χ4n) is 2.01. The first-order chi connectivity index (χ1) is 9.63. The van der Waals surface area contributed by atoms with E-state index in [1.165, 1.54) is 11.1 Å². The third kappa shape index (κ3) is 2.75. The van der Waals surface area contributed by atoms with Crippen molar-refractivity contribution in [3.8, 4) is 21.7 Å². The minimum absolute atomic E-state index is 0.729. The average Bonchev–Trinajstić information content (AvgIpc) is 2.82. The molecule has 3 aromatic rings. The van der Waals surface area contributed by atoms with E-state index in [9.17, 15) is 0 Å². The predicted molar refractivity (Wildman–Crippen MR) is 90.0 cm³/mol. The number of aromatic nitrogens is 1. The Labute approximate surface area is 132 Å². The minimum atomic E-state index is 0.729. The highest BCUT2D eigenvalue weighted by molar-refractivity contribution is 7.82. The maximum Gasteiger partial charge on any atom is 0.148 e. The maximum absolute atomic E-state index is 5.95. The standard InChI is InChI=1S/C16H12ClNS2/c1-10-2-4-12(5-3-10)15-14(18-16(19)20-15)11-6-8-13(17)9-7-11/h2-9H,1H3,(H,18,19). The molecule has 0 atom stereocenters. The summed E-state index contributed by atoms with van der Waals surface area (Å²) in [6.07, 6.45) is 0. The average molecular weight is 318 g/mol. The first-order valence-electron chi connectivity index (χ1n) is 6.16. The molecule has 4 heteroatoms. The number of nitrogens with zero attached hydrogens (tertiary/aromatic N) is 1. The molecule has 1 aromatic heterocycles. The third-order valence-electron chi connectivity index (χ3n) is 3.05. The number of aryl methyl sites for hydroxylation is 1. The van der Waals surface area contributed by atoms with Crippen LogP contribution in [0.5, 0.6) is 0 Å². The topological polar surface area (TPSA) is 12.9 Å². The first-order valence-corrected chi connectivity index (χ1v) is 7.80. The molecule has 0 spiro atoms. The summed E-state index contributed by atoms with van der Waals surface area (Å²) in [5.41, 5.74) is 4.43. The van der Waals surface area contributed by atoms with Crippen LogP contribution in [-0.4, -0.2) is 4.98 Å². The lowest BCUT2D eigenvalue weighted by molar-refractivity contribution is 1.26. The van der Waals surface area contributed by atoms with Crippen LogP contribution in [0, 0.1) is 6.92 Å². The second-order valence-corrected chi connectivity index (χ2v) is 6.71. The fraction of sp³-hybridized carbons (Fsp3) is 0.0625. The Morgan fingerprint density at radius 3 is 2.20 bits per heavy atom. The smallest absolute Gasteiger partial charge is 0.148 e. The SMILES string of the molecule is Cc1ccc(-c2sc(S)nc2-c2ccc(Cl)cc2)cc1. The van der Waals surface area contributed by atoms with Crippen LogP contribution < -0.4 is 0 Å². The van der Waals surface area contributed by atoms with Gasteiger partial charge in [-0.05, 0) is 24.6 Å². The highest BCUT2D eigenvalue weighted by Crippen LogP contribution is 2.38. The Bertz CT molecular complexity index is 667. The van der Waals surface area contributed by atoms with E-state index >= 15 is 0 Å². The zero-order chi connectivity index (χ0) is 14.1. The van der Waals surface area contributed by atoms with E-state index in [4.69, 9.17) is 11.6 Å². The number of thiol groups is 1. The first kappa shape index (κ1) is 13.7. The number of hydrogen-bond acceptors (Lipinski definition) is 3. The van der Waals surface area contributed by atoms with Gasteiger partial charge in [-0.2, -0.15) is 0 Å². The molecule has 0 bridgehead atoms. The summed E-state index contributed by atoms with van der Waals surface area (Å²) in [7, 11) is 0. The molecule has 0 saturated heterocycles. The van der Waals surface area contributed by atoms with Gasteiger partial charge in [-0.3, -0.25) is 0 Å². The van der Waals surface area contributed by atoms with E-state index < -0.39 is 0 Å². The van der Waals surface area contributed by atoms with Gasteiger partial charge in [0.05, 0.1) is 10.6 Å². The van der Waals surface area contributed by atoms with E-state index in [-0.39, 0.29) is 0 Å². The molecule has 3 rings (SSSR count). The van der Waals surface area contributed by atoms with E-state index in [2.05, 4.69) is 48.8 Å². The second kappa shape index (κ2) is 5.60. The van der Waals surface area contributed by atoms with Gasteiger partial charge in [0.2, 0.25) is 0 Å². The molecule has 2 aromatic carbocycles. The van der Waals surface area contributed by atoms with Gasteiger partial charge in [-0.15, -0.1) is 24.0 Å². The monoisotopic (exact) mass is 317 g/mol. The molecule has 0 unspecified atom stereocenters. The molecule has 0 aliphatic rings. The van der Waals surface area contributed by atoms with Gasteiger partial charge >= 0.3 is 0 Å². The molecule has 0 radical (unpaired) electrons. The Balaban J connectivity index is 2.12. The van der Waals surface area contributed by atoms with Crippen molar-refractivity contribution in [1.82, 2.24) is 4.98 Å². The Hall–Kier alpha value is -1.29. The predicted octanol–water partition coefficient (Wildman–Crippen LogP) is 5.73. The van der Waals surface area contributed by atoms with Crippen molar-refractivity contribution in [2.75, 3.05) is 0 Å². The summed E-state index contributed by atoms with van der Waals surface area (Å²) in [5.74, 6) is 0. The van der Waals surface area contributed by atoms with Crippen molar-refractivity contribution >= 4 is 35.6 Å². The van der Waals surface area contributed by atoms with Gasteiger partial charge in [-0.25, -0.2) is 4.98 Å². The summed E-state index contributed by atoms with van der Waals surface area (Å²) >= 11 is 11.9. The van der Waals surface area contributed by atoms with Crippen molar-refractivity contribution in [2.24, 2.45) is 0 Å². The van der Waals surface area contributed by atoms with E-state index in [1.807, 2.05) is 24.3 Å². The van der Waals surface area contributed by atoms with Crippen LogP contribution in [0.25, 0.3) is 21.7 Å². The zero-order valence-corrected chi connectivity index (χ0v) is 13.3. The van der Waals surface area contributed by atoms with E-state index in [0.717, 1.165) is 25.5 Å². The molecule has 0 saturated carbocycles. The Kier molecular flexibility index (Phi) is 3.83. The molecule has 100 valence electrons. The molecule has 0 amide bonds. The van der Waals surface area contributed by atoms with Gasteiger partial charge in [-0.1, -0.05) is 53.6 Å². The lowest BCUT2D eigenvalue weighted by Gasteiger charge is -2.03. The molecule has 20 heavy (non-hydrogen) atoms. The van der Waals surface area contributed by atoms with Gasteiger partial charge < -0.3 is 0 Å². The van der Waals surface area contributed by atoms with Crippen molar-refractivity contribution in [2.45, 2.75) is 11.3 Å². The summed E-state index contributed by atoms with van der Waals surface area (Å²) < 4.78 is 0.769. The lowest BCUT2D eigenvalue weighted by Crippen LogP contribution is -1.82. The van der Waals surface area contributed by atoms with Crippen molar-refractivity contribution < 1.29 is 0 Å². The van der Waals surface area contributed by atoms with E-state index in [0.29, 0.717) is 0 Å². The van der Waals surface area contributed by atoms with Gasteiger partial charge in [0.25, 0.3) is 0 Å². The number of hydrogen-bond donors (Lipinski definition) is 1. The van der Waals surface area contributed by atoms with Crippen molar-refractivity contribution in [3.05, 3.63) is 59.1 Å². The normalized spacial score (nSPS) is 10.8. The Morgan fingerprint density at radius 1 is 0.950 bits per heavy atom. The highest BCUT2D eigenvalue weighted by Gasteiger charge is 2.13. The Morgan fingerprint density at radius 2 is 1.55 bits per heavy atom. The molecule has 0 aliphatic heterocycles. The summed E-state index contributed by atoms with van der Waals surface area (Å²) in [6.45, 7) is 2.08. The summed E-state index contributed by atoms with van der Waals surface area (Å²) in [4.78, 5) is 5.69. The number of benzene rings is 2. The quantitative estimate of drug-likeness (QED) is 0.596. The molecule has 0 aliphatic carbocycles. The number of rotatable bonds is 2. The third-order valence-corrected chi connectivity index (χ3v) is 4.58. The van der Waals surface area contributed by atoms with Crippen LogP contribution in [-0.2, 0) is 0 Å². The van der Waals surface area contributed by atoms with Crippen LogP contribution in [0.1, 0.15) is 5.56 Å². The maximum atomic E-state index is 5.95. The van der Waals surface area contributed by atoms with Crippen LogP contribution in [0.2, 0.25) is 5.02 Å². The van der Waals surface area contributed by atoms with Gasteiger partial charge in [0, 0.05) is 10.6 Å². The molecule has 0 N–H and O–H groups in total. The minimum Gasteiger partial charge on any atom is -0.229 e. The second-order valence-electron chi connectivity index (χ2n) is 4.55. The molecular weight excluding hydrogens is 306 g/mol. The zero-order valence-electron chi connectivity index (χ0n) is 10.8. The number of halogens is 1. The lowest BCUT2D eigenvalue weighted by atomic mass is 10.1. The summed E-state index contributed by atoms with van der Waals surface area (Å²) in [6, 6.07) is 16.2. The molecular formula is C16H12ClNS2. The fourth-order valence-corrected chi connectivity index (χ4v) is 3.35. The van der Waals surface area contributed by atoms with Gasteiger partial charge in [0.15, 0.2) is 0 Å². The van der Waals surface area contributed by atoms with Crippen molar-refractivity contribution in [1.29, 1.82) is 0 Å². The highest BCUT2D eigenvalue weighted by atomic mass is 35.5. The van der Waals surface area contributed by atoms with Crippen LogP contribution in [0.15, 0.2) is 52.9 Å². The van der Waals surface area contributed by atoms with Crippen molar-refractivity contribution in [3.63, 3.8) is 0 Å². The van der Waals surface area contributed by atoms with E-state index in [1.54, 1.807) is 11.3 Å². The molecule has 0 fully saturated rings.